The number of pyridine rings is 1. The van der Waals surface area contributed by atoms with Crippen LogP contribution in [-0.4, -0.2) is 75.2 Å². The number of anilines is 1. The van der Waals surface area contributed by atoms with Crippen molar-refractivity contribution in [3.63, 3.8) is 0 Å². The third kappa shape index (κ3) is 6.54. The quantitative estimate of drug-likeness (QED) is 0.315. The average molecular weight is 594 g/mol. The maximum atomic E-state index is 13.1. The van der Waals surface area contributed by atoms with Crippen LogP contribution >= 0.6 is 22.9 Å². The average Bonchev–Trinajstić information content (AvgIpc) is 3.50. The van der Waals surface area contributed by atoms with Crippen molar-refractivity contribution in [2.45, 2.75) is 25.6 Å². The first kappa shape index (κ1) is 28.3. The molecule has 40 heavy (non-hydrogen) atoms. The number of likely N-dealkylation sites (N-methyl/N-ethyl adjacent to an activating group) is 1. The Morgan fingerprint density at radius 2 is 1.95 bits per heavy atom. The summed E-state index contributed by atoms with van der Waals surface area (Å²) in [5, 5.41) is 9.92. The van der Waals surface area contributed by atoms with Gasteiger partial charge in [0.05, 0.1) is 22.6 Å². The summed E-state index contributed by atoms with van der Waals surface area (Å²) in [6.45, 7) is 5.87. The molecule has 0 saturated carbocycles. The Morgan fingerprint density at radius 3 is 2.70 bits per heavy atom. The number of fused-ring (bicyclic) bond motifs is 1. The van der Waals surface area contributed by atoms with Gasteiger partial charge in [-0.3, -0.25) is 14.3 Å². The van der Waals surface area contributed by atoms with E-state index in [0.717, 1.165) is 51.3 Å². The van der Waals surface area contributed by atoms with Crippen molar-refractivity contribution < 1.29 is 18.0 Å². The van der Waals surface area contributed by atoms with E-state index in [4.69, 9.17) is 11.6 Å². The Balaban J connectivity index is 1.25. The Kier molecular flexibility index (Phi) is 8.26. The van der Waals surface area contributed by atoms with E-state index in [2.05, 4.69) is 37.2 Å². The predicted octanol–water partition coefficient (Wildman–Crippen LogP) is 4.34. The molecule has 1 aliphatic heterocycles. The standard InChI is InChI=1S/C26H27ClF3N7O2S/c1-35-7-9-36(10-8-35)5-2-6-37-15-31-23(34-37)22-19(27)14-40-25(22)33-21(38)13-17-11-16-12-18(26(28,29)30)3-4-20(16)32-24(17)39/h3-4,11-12,14-15H,2,5-10,13H2,1H3,(H,32,39)(H,33,38). The molecule has 0 atom stereocenters. The van der Waals surface area contributed by atoms with E-state index >= 15 is 0 Å². The van der Waals surface area contributed by atoms with E-state index in [9.17, 15) is 22.8 Å². The lowest BCUT2D eigenvalue weighted by Crippen LogP contribution is -2.44. The summed E-state index contributed by atoms with van der Waals surface area (Å²) >= 11 is 7.60. The molecule has 0 aliphatic carbocycles. The molecule has 14 heteroatoms. The van der Waals surface area contributed by atoms with Crippen molar-refractivity contribution >= 4 is 44.7 Å². The molecule has 0 unspecified atom stereocenters. The van der Waals surface area contributed by atoms with E-state index in [0.29, 0.717) is 28.0 Å². The van der Waals surface area contributed by atoms with Crippen LogP contribution in [0.3, 0.4) is 0 Å². The smallest absolute Gasteiger partial charge is 0.322 e. The van der Waals surface area contributed by atoms with Crippen molar-refractivity contribution in [3.05, 3.63) is 62.5 Å². The number of alkyl halides is 3. The van der Waals surface area contributed by atoms with Crippen LogP contribution in [-0.2, 0) is 23.9 Å². The van der Waals surface area contributed by atoms with Gasteiger partial charge in [-0.05, 0) is 43.1 Å². The number of carbonyl (C=O) groups excluding carboxylic acids is 1. The summed E-state index contributed by atoms with van der Waals surface area (Å²) in [6.07, 6.45) is -2.33. The number of hydrogen-bond acceptors (Lipinski definition) is 7. The Labute approximate surface area is 236 Å². The predicted molar refractivity (Wildman–Crippen MR) is 149 cm³/mol. The number of aryl methyl sites for hydroxylation is 1. The molecule has 2 N–H and O–H groups in total. The van der Waals surface area contributed by atoms with Crippen molar-refractivity contribution in [2.24, 2.45) is 0 Å². The van der Waals surface area contributed by atoms with Crippen LogP contribution in [0.15, 0.2) is 40.8 Å². The number of thiophene rings is 1. The summed E-state index contributed by atoms with van der Waals surface area (Å²) in [7, 11) is 2.12. The monoisotopic (exact) mass is 593 g/mol. The number of nitrogens with one attached hydrogen (secondary N) is 2. The Bertz CT molecular complexity index is 1570. The summed E-state index contributed by atoms with van der Waals surface area (Å²) < 4.78 is 41.1. The van der Waals surface area contributed by atoms with E-state index < -0.39 is 23.2 Å². The minimum Gasteiger partial charge on any atom is -0.322 e. The highest BCUT2D eigenvalue weighted by molar-refractivity contribution is 7.15. The molecule has 1 amide bonds. The minimum absolute atomic E-state index is 0.0382. The lowest BCUT2D eigenvalue weighted by Gasteiger charge is -2.32. The van der Waals surface area contributed by atoms with Gasteiger partial charge >= 0.3 is 6.18 Å². The number of halogens is 4. The first-order valence-corrected chi connectivity index (χ1v) is 13.9. The zero-order valence-electron chi connectivity index (χ0n) is 21.6. The van der Waals surface area contributed by atoms with Crippen LogP contribution in [0.25, 0.3) is 22.3 Å². The lowest BCUT2D eigenvalue weighted by molar-refractivity contribution is -0.137. The number of rotatable bonds is 8. The van der Waals surface area contributed by atoms with Crippen LogP contribution in [0.5, 0.6) is 0 Å². The number of amides is 1. The molecule has 3 aromatic heterocycles. The topological polar surface area (TPSA) is 99.1 Å². The molecule has 0 bridgehead atoms. The molecule has 1 saturated heterocycles. The molecule has 1 aliphatic rings. The van der Waals surface area contributed by atoms with Crippen LogP contribution in [0.4, 0.5) is 18.2 Å². The zero-order valence-corrected chi connectivity index (χ0v) is 23.2. The van der Waals surface area contributed by atoms with Crippen molar-refractivity contribution in [2.75, 3.05) is 45.1 Å². The first-order valence-electron chi connectivity index (χ1n) is 12.7. The summed E-state index contributed by atoms with van der Waals surface area (Å²) in [4.78, 5) is 37.0. The van der Waals surface area contributed by atoms with Gasteiger partial charge in [0, 0.05) is 55.7 Å². The van der Waals surface area contributed by atoms with Gasteiger partial charge < -0.3 is 20.1 Å². The number of piperazine rings is 1. The number of aromatic nitrogens is 4. The van der Waals surface area contributed by atoms with Gasteiger partial charge in [-0.1, -0.05) is 11.6 Å². The van der Waals surface area contributed by atoms with Gasteiger partial charge in [0.2, 0.25) is 5.91 Å². The second-order valence-corrected chi connectivity index (χ2v) is 11.1. The molecule has 0 spiro atoms. The minimum atomic E-state index is -4.53. The van der Waals surface area contributed by atoms with Crippen LogP contribution < -0.4 is 10.9 Å². The number of carbonyl (C=O) groups is 1. The summed E-state index contributed by atoms with van der Waals surface area (Å²) in [6, 6.07) is 4.34. The largest absolute Gasteiger partial charge is 0.416 e. The fourth-order valence-electron chi connectivity index (χ4n) is 4.59. The van der Waals surface area contributed by atoms with E-state index in [-0.39, 0.29) is 22.9 Å². The number of benzene rings is 1. The zero-order chi connectivity index (χ0) is 28.4. The molecular weight excluding hydrogens is 567 g/mol. The van der Waals surface area contributed by atoms with Crippen LogP contribution in [0.1, 0.15) is 17.5 Å². The molecule has 0 radical (unpaired) electrons. The fraction of sp³-hybridized carbons (Fsp3) is 0.385. The van der Waals surface area contributed by atoms with Gasteiger partial charge in [-0.25, -0.2) is 4.98 Å². The third-order valence-electron chi connectivity index (χ3n) is 6.82. The Hall–Kier alpha value is -3.26. The number of H-pyrrole nitrogens is 1. The molecule has 1 aromatic carbocycles. The van der Waals surface area contributed by atoms with Crippen LogP contribution in [0.2, 0.25) is 5.02 Å². The second kappa shape index (κ2) is 11.7. The third-order valence-corrected chi connectivity index (χ3v) is 8.14. The molecule has 1 fully saturated rings. The van der Waals surface area contributed by atoms with Gasteiger partial charge in [0.15, 0.2) is 5.82 Å². The van der Waals surface area contributed by atoms with E-state index in [1.54, 1.807) is 16.4 Å². The normalized spacial score (nSPS) is 15.1. The lowest BCUT2D eigenvalue weighted by atomic mass is 10.1. The molecule has 4 heterocycles. The highest BCUT2D eigenvalue weighted by Crippen LogP contribution is 2.39. The molecular formula is C26H27ClF3N7O2S. The Morgan fingerprint density at radius 1 is 1.18 bits per heavy atom. The summed E-state index contributed by atoms with van der Waals surface area (Å²) in [5.41, 5.74) is -0.633. The van der Waals surface area contributed by atoms with E-state index in [1.807, 2.05) is 0 Å². The number of nitrogens with zero attached hydrogens (tertiary/aromatic N) is 5. The second-order valence-electron chi connectivity index (χ2n) is 9.77. The van der Waals surface area contributed by atoms with Crippen molar-refractivity contribution in [1.29, 1.82) is 0 Å². The molecule has 4 aromatic rings. The van der Waals surface area contributed by atoms with Crippen LogP contribution in [0, 0.1) is 0 Å². The molecule has 212 valence electrons. The number of hydrogen-bond donors (Lipinski definition) is 2. The fourth-order valence-corrected chi connectivity index (χ4v) is 5.78. The molecule has 5 rings (SSSR count). The van der Waals surface area contributed by atoms with Gasteiger partial charge in [0.1, 0.15) is 11.3 Å². The SMILES string of the molecule is CN1CCN(CCCn2cnc(-c3c(Cl)csc3NC(=O)Cc3cc4cc(C(F)(F)F)ccc4[nH]c3=O)n2)CC1. The van der Waals surface area contributed by atoms with Gasteiger partial charge in [-0.15, -0.1) is 11.3 Å². The first-order chi connectivity index (χ1) is 19.1. The van der Waals surface area contributed by atoms with Gasteiger partial charge in [-0.2, -0.15) is 18.3 Å². The summed E-state index contributed by atoms with van der Waals surface area (Å²) in [5.74, 6) is -0.160. The van der Waals surface area contributed by atoms with Gasteiger partial charge in [0.25, 0.3) is 5.56 Å². The number of aromatic amines is 1. The van der Waals surface area contributed by atoms with Crippen molar-refractivity contribution in [3.8, 4) is 11.4 Å². The molecule has 9 nitrogen and oxygen atoms in total. The maximum absolute atomic E-state index is 13.1. The van der Waals surface area contributed by atoms with Crippen molar-refractivity contribution in [1.82, 2.24) is 29.5 Å². The highest BCUT2D eigenvalue weighted by atomic mass is 35.5. The van der Waals surface area contributed by atoms with E-state index in [1.165, 1.54) is 23.5 Å². The highest BCUT2D eigenvalue weighted by Gasteiger charge is 2.30. The maximum Gasteiger partial charge on any atom is 0.416 e.